The zero-order valence-corrected chi connectivity index (χ0v) is 12.2. The van der Waals surface area contributed by atoms with E-state index in [-0.39, 0.29) is 12.3 Å². The van der Waals surface area contributed by atoms with Gasteiger partial charge in [0, 0.05) is 19.5 Å². The van der Waals surface area contributed by atoms with Gasteiger partial charge in [-0.1, -0.05) is 24.3 Å². The van der Waals surface area contributed by atoms with Crippen LogP contribution in [0.15, 0.2) is 24.3 Å². The predicted molar refractivity (Wildman–Crippen MR) is 78.1 cm³/mol. The van der Waals surface area contributed by atoms with Crippen LogP contribution in [0.1, 0.15) is 24.0 Å². The third-order valence-corrected chi connectivity index (χ3v) is 3.76. The number of benzene rings is 1. The van der Waals surface area contributed by atoms with Gasteiger partial charge in [0.25, 0.3) is 0 Å². The van der Waals surface area contributed by atoms with Crippen LogP contribution in [0, 0.1) is 6.92 Å². The topological polar surface area (TPSA) is 66.8 Å². The number of aliphatic carboxylic acids is 1. The number of carboxylic acid groups (broad SMARTS) is 1. The summed E-state index contributed by atoms with van der Waals surface area (Å²) in [5.41, 5.74) is 2.37. The van der Waals surface area contributed by atoms with Crippen molar-refractivity contribution in [2.45, 2.75) is 32.3 Å². The second kappa shape index (κ2) is 7.22. The van der Waals surface area contributed by atoms with Crippen molar-refractivity contribution in [2.75, 3.05) is 19.7 Å². The lowest BCUT2D eigenvalue weighted by atomic mass is 10.0. The smallest absolute Gasteiger partial charge is 0.306 e. The number of hydrogen-bond donors (Lipinski definition) is 1. The minimum atomic E-state index is -0.894. The number of carbonyl (C=O) groups is 2. The van der Waals surface area contributed by atoms with E-state index in [0.717, 1.165) is 0 Å². The third kappa shape index (κ3) is 4.56. The van der Waals surface area contributed by atoms with Crippen LogP contribution in [0.5, 0.6) is 0 Å². The van der Waals surface area contributed by atoms with Gasteiger partial charge in [0.15, 0.2) is 0 Å². The highest BCUT2D eigenvalue weighted by atomic mass is 16.5. The van der Waals surface area contributed by atoms with E-state index in [1.807, 2.05) is 31.2 Å². The maximum atomic E-state index is 12.2. The molecule has 0 aromatic heterocycles. The van der Waals surface area contributed by atoms with Gasteiger partial charge < -0.3 is 14.7 Å². The van der Waals surface area contributed by atoms with Crippen LogP contribution in [0.25, 0.3) is 0 Å². The van der Waals surface area contributed by atoms with Crippen molar-refractivity contribution in [1.82, 2.24) is 4.90 Å². The SMILES string of the molecule is Cc1ccccc1CCC(=O)N1CCOC(CC(=O)O)C1. The van der Waals surface area contributed by atoms with Crippen LogP contribution in [-0.4, -0.2) is 47.7 Å². The standard InChI is InChI=1S/C16H21NO4/c1-12-4-2-3-5-13(12)6-7-15(18)17-8-9-21-14(11-17)10-16(19)20/h2-5,14H,6-11H2,1H3,(H,19,20). The van der Waals surface area contributed by atoms with Crippen molar-refractivity contribution in [1.29, 1.82) is 0 Å². The van der Waals surface area contributed by atoms with Crippen LogP contribution >= 0.6 is 0 Å². The molecule has 1 saturated heterocycles. The van der Waals surface area contributed by atoms with E-state index >= 15 is 0 Å². The molecule has 0 aliphatic carbocycles. The Morgan fingerprint density at radius 2 is 2.14 bits per heavy atom. The highest BCUT2D eigenvalue weighted by Crippen LogP contribution is 2.13. The Labute approximate surface area is 124 Å². The summed E-state index contributed by atoms with van der Waals surface area (Å²) < 4.78 is 5.38. The summed E-state index contributed by atoms with van der Waals surface area (Å²) in [5.74, 6) is -0.828. The minimum absolute atomic E-state index is 0.0540. The zero-order valence-electron chi connectivity index (χ0n) is 12.2. The molecule has 1 aliphatic rings. The maximum absolute atomic E-state index is 12.2. The fourth-order valence-corrected chi connectivity index (χ4v) is 2.55. The molecule has 1 aliphatic heterocycles. The Morgan fingerprint density at radius 3 is 2.86 bits per heavy atom. The summed E-state index contributed by atoms with van der Waals surface area (Å²) in [5, 5.41) is 8.79. The molecule has 5 nitrogen and oxygen atoms in total. The number of morpholine rings is 1. The molecule has 0 radical (unpaired) electrons. The van der Waals surface area contributed by atoms with E-state index in [0.29, 0.717) is 32.5 Å². The molecule has 1 atom stereocenters. The predicted octanol–water partition coefficient (Wildman–Crippen LogP) is 1.63. The lowest BCUT2D eigenvalue weighted by Crippen LogP contribution is -2.46. The number of carbonyl (C=O) groups excluding carboxylic acids is 1. The molecule has 1 aromatic rings. The Kier molecular flexibility index (Phi) is 5.33. The quantitative estimate of drug-likeness (QED) is 0.895. The van der Waals surface area contributed by atoms with E-state index < -0.39 is 12.1 Å². The van der Waals surface area contributed by atoms with Gasteiger partial charge in [-0.05, 0) is 24.5 Å². The highest BCUT2D eigenvalue weighted by molar-refractivity contribution is 5.76. The summed E-state index contributed by atoms with van der Waals surface area (Å²) in [6.07, 6.45) is 0.720. The Morgan fingerprint density at radius 1 is 1.38 bits per heavy atom. The number of carboxylic acids is 1. The van der Waals surface area contributed by atoms with Crippen LogP contribution in [0.3, 0.4) is 0 Å². The fraction of sp³-hybridized carbons (Fsp3) is 0.500. The number of rotatable bonds is 5. The molecule has 21 heavy (non-hydrogen) atoms. The summed E-state index contributed by atoms with van der Waals surface area (Å²) in [6, 6.07) is 8.04. The second-order valence-corrected chi connectivity index (χ2v) is 5.36. The minimum Gasteiger partial charge on any atom is -0.481 e. The number of aryl methyl sites for hydroxylation is 2. The van der Waals surface area contributed by atoms with Gasteiger partial charge in [-0.3, -0.25) is 9.59 Å². The second-order valence-electron chi connectivity index (χ2n) is 5.36. The van der Waals surface area contributed by atoms with Crippen molar-refractivity contribution in [3.05, 3.63) is 35.4 Å². The van der Waals surface area contributed by atoms with Crippen LogP contribution < -0.4 is 0 Å². The van der Waals surface area contributed by atoms with E-state index in [1.54, 1.807) is 4.90 Å². The molecule has 1 amide bonds. The molecule has 2 rings (SSSR count). The third-order valence-electron chi connectivity index (χ3n) is 3.76. The van der Waals surface area contributed by atoms with Crippen LogP contribution in [0.4, 0.5) is 0 Å². The van der Waals surface area contributed by atoms with Crippen molar-refractivity contribution in [3.63, 3.8) is 0 Å². The van der Waals surface area contributed by atoms with E-state index in [1.165, 1.54) is 11.1 Å². The molecule has 1 heterocycles. The largest absolute Gasteiger partial charge is 0.481 e. The Bertz CT molecular complexity index is 515. The molecule has 1 fully saturated rings. The molecule has 1 unspecified atom stereocenters. The number of amides is 1. The maximum Gasteiger partial charge on any atom is 0.306 e. The molecular formula is C16H21NO4. The van der Waals surface area contributed by atoms with Gasteiger partial charge in [0.1, 0.15) is 0 Å². The highest BCUT2D eigenvalue weighted by Gasteiger charge is 2.25. The molecule has 0 bridgehead atoms. The van der Waals surface area contributed by atoms with Gasteiger partial charge in [0.05, 0.1) is 19.1 Å². The molecule has 1 aromatic carbocycles. The van der Waals surface area contributed by atoms with Gasteiger partial charge in [-0.25, -0.2) is 0 Å². The summed E-state index contributed by atoms with van der Waals surface area (Å²) in [6.45, 7) is 3.37. The van der Waals surface area contributed by atoms with Crippen LogP contribution in [0.2, 0.25) is 0 Å². The summed E-state index contributed by atoms with van der Waals surface area (Å²) >= 11 is 0. The van der Waals surface area contributed by atoms with E-state index in [4.69, 9.17) is 9.84 Å². The molecule has 1 N–H and O–H groups in total. The normalized spacial score (nSPS) is 18.5. The van der Waals surface area contributed by atoms with E-state index in [9.17, 15) is 9.59 Å². The summed E-state index contributed by atoms with van der Waals surface area (Å²) in [4.78, 5) is 24.7. The molecule has 0 spiro atoms. The number of ether oxygens (including phenoxy) is 1. The van der Waals surface area contributed by atoms with Crippen molar-refractivity contribution >= 4 is 11.9 Å². The van der Waals surface area contributed by atoms with Gasteiger partial charge in [-0.2, -0.15) is 0 Å². The first-order valence-electron chi connectivity index (χ1n) is 7.22. The molecule has 5 heteroatoms. The Hall–Kier alpha value is -1.88. The monoisotopic (exact) mass is 291 g/mol. The van der Waals surface area contributed by atoms with E-state index in [2.05, 4.69) is 0 Å². The van der Waals surface area contributed by atoms with Crippen LogP contribution in [-0.2, 0) is 20.7 Å². The lowest BCUT2D eigenvalue weighted by Gasteiger charge is -2.32. The number of nitrogens with zero attached hydrogens (tertiary/aromatic N) is 1. The fourth-order valence-electron chi connectivity index (χ4n) is 2.55. The average molecular weight is 291 g/mol. The Balaban J connectivity index is 1.85. The van der Waals surface area contributed by atoms with Gasteiger partial charge in [0.2, 0.25) is 5.91 Å². The molecular weight excluding hydrogens is 270 g/mol. The molecule has 114 valence electrons. The van der Waals surface area contributed by atoms with Gasteiger partial charge >= 0.3 is 5.97 Å². The first-order chi connectivity index (χ1) is 10.1. The number of hydrogen-bond acceptors (Lipinski definition) is 3. The van der Waals surface area contributed by atoms with Gasteiger partial charge in [-0.15, -0.1) is 0 Å². The average Bonchev–Trinajstić information content (AvgIpc) is 2.45. The van der Waals surface area contributed by atoms with Crippen molar-refractivity contribution < 1.29 is 19.4 Å². The zero-order chi connectivity index (χ0) is 15.2. The lowest BCUT2D eigenvalue weighted by molar-refractivity contribution is -0.147. The van der Waals surface area contributed by atoms with Crippen molar-refractivity contribution in [3.8, 4) is 0 Å². The molecule has 0 saturated carbocycles. The van der Waals surface area contributed by atoms with Crippen molar-refractivity contribution in [2.24, 2.45) is 0 Å². The summed E-state index contributed by atoms with van der Waals surface area (Å²) in [7, 11) is 0. The first-order valence-corrected chi connectivity index (χ1v) is 7.22. The first kappa shape index (κ1) is 15.5.